The third-order valence-electron chi connectivity index (χ3n) is 4.11. The first-order chi connectivity index (χ1) is 13.0. The van der Waals surface area contributed by atoms with Gasteiger partial charge in [-0.15, -0.1) is 0 Å². The second kappa shape index (κ2) is 8.26. The van der Waals surface area contributed by atoms with E-state index in [1.54, 1.807) is 19.1 Å². The quantitative estimate of drug-likeness (QED) is 0.557. The van der Waals surface area contributed by atoms with Crippen molar-refractivity contribution in [3.63, 3.8) is 0 Å². The molecule has 1 atom stereocenters. The molecule has 28 heavy (non-hydrogen) atoms. The first-order valence-corrected chi connectivity index (χ1v) is 10.1. The van der Waals surface area contributed by atoms with Gasteiger partial charge in [-0.25, -0.2) is 8.42 Å². The summed E-state index contributed by atoms with van der Waals surface area (Å²) in [6.45, 7) is 3.12. The number of amides is 1. The van der Waals surface area contributed by atoms with E-state index in [4.69, 9.17) is 4.74 Å². The first-order valence-electron chi connectivity index (χ1n) is 8.24. The maximum absolute atomic E-state index is 12.7. The van der Waals surface area contributed by atoms with Gasteiger partial charge >= 0.3 is 0 Å². The Labute approximate surface area is 163 Å². The van der Waals surface area contributed by atoms with E-state index in [1.165, 1.54) is 44.4 Å². The van der Waals surface area contributed by atoms with Crippen LogP contribution >= 0.6 is 0 Å². The molecule has 0 spiro atoms. The van der Waals surface area contributed by atoms with E-state index < -0.39 is 26.9 Å². The van der Waals surface area contributed by atoms with Crippen molar-refractivity contribution in [1.29, 1.82) is 0 Å². The number of nitro benzene ring substituents is 1. The number of non-ortho nitro benzene ring substituents is 1. The predicted octanol–water partition coefficient (Wildman–Crippen LogP) is 2.71. The Morgan fingerprint density at radius 1 is 1.21 bits per heavy atom. The van der Waals surface area contributed by atoms with Gasteiger partial charge in [0, 0.05) is 12.1 Å². The monoisotopic (exact) mass is 407 g/mol. The number of rotatable bonds is 7. The fourth-order valence-electron chi connectivity index (χ4n) is 2.63. The zero-order valence-electron chi connectivity index (χ0n) is 15.9. The Morgan fingerprint density at radius 3 is 2.32 bits per heavy atom. The van der Waals surface area contributed by atoms with Gasteiger partial charge in [-0.2, -0.15) is 0 Å². The fourth-order valence-corrected chi connectivity index (χ4v) is 3.81. The molecular formula is C18H21N3O6S. The highest BCUT2D eigenvalue weighted by molar-refractivity contribution is 7.92. The van der Waals surface area contributed by atoms with E-state index in [1.807, 2.05) is 0 Å². The lowest BCUT2D eigenvalue weighted by molar-refractivity contribution is -0.384. The number of methoxy groups -OCH3 is 1. The van der Waals surface area contributed by atoms with Crippen molar-refractivity contribution in [3.05, 3.63) is 58.1 Å². The van der Waals surface area contributed by atoms with Gasteiger partial charge < -0.3 is 10.1 Å². The minimum Gasteiger partial charge on any atom is -0.497 e. The number of sulfonamides is 1. The van der Waals surface area contributed by atoms with Crippen LogP contribution in [-0.2, 0) is 14.8 Å². The lowest BCUT2D eigenvalue weighted by Gasteiger charge is -2.28. The maximum atomic E-state index is 12.7. The van der Waals surface area contributed by atoms with Crippen LogP contribution in [0.25, 0.3) is 0 Å². The third-order valence-corrected chi connectivity index (χ3v) is 5.35. The summed E-state index contributed by atoms with van der Waals surface area (Å²) in [6.07, 6.45) is 1.000. The number of carbonyl (C=O) groups is 1. The highest BCUT2D eigenvalue weighted by Gasteiger charge is 2.29. The molecule has 0 saturated carbocycles. The minimum atomic E-state index is -3.78. The number of nitrogens with one attached hydrogen (secondary N) is 1. The van der Waals surface area contributed by atoms with Gasteiger partial charge in [0.05, 0.1) is 29.7 Å². The molecule has 0 aliphatic rings. The van der Waals surface area contributed by atoms with Crippen LogP contribution in [0.5, 0.6) is 5.75 Å². The molecule has 2 aromatic rings. The van der Waals surface area contributed by atoms with Crippen LogP contribution in [0, 0.1) is 17.0 Å². The zero-order chi connectivity index (χ0) is 21.1. The van der Waals surface area contributed by atoms with Crippen molar-refractivity contribution in [2.24, 2.45) is 0 Å². The molecule has 150 valence electrons. The summed E-state index contributed by atoms with van der Waals surface area (Å²) in [6, 6.07) is 9.21. The molecule has 2 aromatic carbocycles. The van der Waals surface area contributed by atoms with E-state index in [0.717, 1.165) is 10.6 Å². The molecule has 0 fully saturated rings. The lowest BCUT2D eigenvalue weighted by atomic mass is 10.1. The summed E-state index contributed by atoms with van der Waals surface area (Å²) in [5.74, 6) is -0.0774. The summed E-state index contributed by atoms with van der Waals surface area (Å²) < 4.78 is 30.7. The summed E-state index contributed by atoms with van der Waals surface area (Å²) in [7, 11) is -2.30. The molecule has 1 amide bonds. The Hall–Kier alpha value is -3.14. The number of anilines is 2. The largest absolute Gasteiger partial charge is 0.497 e. The molecule has 9 nitrogen and oxygen atoms in total. The SMILES string of the molecule is COc1ccc(N([C@@H](C)C(=O)Nc2cc([N+](=O)[O-])ccc2C)S(C)(=O)=O)cc1. The van der Waals surface area contributed by atoms with E-state index in [0.29, 0.717) is 17.0 Å². The number of hydrogen-bond acceptors (Lipinski definition) is 6. The number of benzene rings is 2. The van der Waals surface area contributed by atoms with Crippen molar-refractivity contribution in [2.45, 2.75) is 19.9 Å². The molecule has 2 rings (SSSR count). The van der Waals surface area contributed by atoms with Crippen LogP contribution in [0.3, 0.4) is 0 Å². The molecular weight excluding hydrogens is 386 g/mol. The second-order valence-corrected chi connectivity index (χ2v) is 8.04. The standard InChI is InChI=1S/C18H21N3O6S/c1-12-5-6-15(21(23)24)11-17(12)19-18(22)13(2)20(28(4,25)26)14-7-9-16(27-3)10-8-14/h5-11,13H,1-4H3,(H,19,22)/t13-/m0/s1. The smallest absolute Gasteiger partial charge is 0.271 e. The highest BCUT2D eigenvalue weighted by Crippen LogP contribution is 2.26. The summed E-state index contributed by atoms with van der Waals surface area (Å²) >= 11 is 0. The van der Waals surface area contributed by atoms with Gasteiger partial charge in [0.1, 0.15) is 11.8 Å². The Morgan fingerprint density at radius 2 is 1.82 bits per heavy atom. The first kappa shape index (κ1) is 21.2. The molecule has 0 heterocycles. The summed E-state index contributed by atoms with van der Waals surface area (Å²) in [4.78, 5) is 23.1. The second-order valence-electron chi connectivity index (χ2n) is 6.18. The van der Waals surface area contributed by atoms with Crippen LogP contribution in [0.15, 0.2) is 42.5 Å². The van der Waals surface area contributed by atoms with Gasteiger partial charge in [-0.1, -0.05) is 6.07 Å². The van der Waals surface area contributed by atoms with Crippen LogP contribution in [0.4, 0.5) is 17.1 Å². The van der Waals surface area contributed by atoms with Crippen molar-refractivity contribution in [3.8, 4) is 5.75 Å². The molecule has 0 unspecified atom stereocenters. The number of nitro groups is 1. The maximum Gasteiger partial charge on any atom is 0.271 e. The predicted molar refractivity (Wildman–Crippen MR) is 106 cm³/mol. The van der Waals surface area contributed by atoms with Crippen molar-refractivity contribution >= 4 is 33.0 Å². The average molecular weight is 407 g/mol. The summed E-state index contributed by atoms with van der Waals surface area (Å²) in [5, 5.41) is 13.5. The lowest BCUT2D eigenvalue weighted by Crippen LogP contribution is -2.45. The van der Waals surface area contributed by atoms with E-state index in [-0.39, 0.29) is 11.4 Å². The molecule has 0 bridgehead atoms. The van der Waals surface area contributed by atoms with E-state index >= 15 is 0 Å². The number of carbonyl (C=O) groups excluding carboxylic acids is 1. The molecule has 1 N–H and O–H groups in total. The molecule has 0 aliphatic heterocycles. The number of aryl methyl sites for hydroxylation is 1. The number of ether oxygens (including phenoxy) is 1. The topological polar surface area (TPSA) is 119 Å². The zero-order valence-corrected chi connectivity index (χ0v) is 16.7. The Kier molecular flexibility index (Phi) is 6.24. The van der Waals surface area contributed by atoms with Gasteiger partial charge in [-0.3, -0.25) is 19.2 Å². The van der Waals surface area contributed by atoms with Crippen LogP contribution in [0.2, 0.25) is 0 Å². The molecule has 0 radical (unpaired) electrons. The van der Waals surface area contributed by atoms with Gasteiger partial charge in [0.2, 0.25) is 15.9 Å². The van der Waals surface area contributed by atoms with E-state index in [9.17, 15) is 23.3 Å². The molecule has 10 heteroatoms. The normalized spacial score (nSPS) is 12.1. The molecule has 0 aromatic heterocycles. The molecule has 0 saturated heterocycles. The third kappa shape index (κ3) is 4.77. The molecule has 0 aliphatic carbocycles. The number of nitrogens with zero attached hydrogens (tertiary/aromatic N) is 2. The van der Waals surface area contributed by atoms with Crippen molar-refractivity contribution in [1.82, 2.24) is 0 Å². The highest BCUT2D eigenvalue weighted by atomic mass is 32.2. The Bertz CT molecular complexity index is 989. The van der Waals surface area contributed by atoms with Crippen molar-refractivity contribution in [2.75, 3.05) is 23.0 Å². The van der Waals surface area contributed by atoms with Gasteiger partial charge in [0.25, 0.3) is 5.69 Å². The average Bonchev–Trinajstić information content (AvgIpc) is 2.62. The van der Waals surface area contributed by atoms with Crippen LogP contribution < -0.4 is 14.4 Å². The Balaban J connectivity index is 2.34. The van der Waals surface area contributed by atoms with E-state index in [2.05, 4.69) is 5.32 Å². The van der Waals surface area contributed by atoms with Crippen LogP contribution in [-0.4, -0.2) is 38.7 Å². The summed E-state index contributed by atoms with van der Waals surface area (Å²) in [5.41, 5.74) is 0.973. The van der Waals surface area contributed by atoms with Crippen molar-refractivity contribution < 1.29 is 22.9 Å². The van der Waals surface area contributed by atoms with Gasteiger partial charge in [-0.05, 0) is 43.7 Å². The van der Waals surface area contributed by atoms with Crippen LogP contribution in [0.1, 0.15) is 12.5 Å². The van der Waals surface area contributed by atoms with Gasteiger partial charge in [0.15, 0.2) is 0 Å². The fraction of sp³-hybridized carbons (Fsp3) is 0.278. The minimum absolute atomic E-state index is 0.177. The number of hydrogen-bond donors (Lipinski definition) is 1.